The molecule has 0 radical (unpaired) electrons. The highest BCUT2D eigenvalue weighted by molar-refractivity contribution is 7.99. The number of benzene rings is 1. The minimum atomic E-state index is -4.50. The Morgan fingerprint density at radius 3 is 2.85 bits per heavy atom. The van der Waals surface area contributed by atoms with Crippen molar-refractivity contribution in [2.75, 3.05) is 11.2 Å². The molecule has 0 bridgehead atoms. The fraction of sp³-hybridized carbons (Fsp3) is 0.294. The predicted octanol–water partition coefficient (Wildman–Crippen LogP) is 4.69. The molecule has 138 valence electrons. The summed E-state index contributed by atoms with van der Waals surface area (Å²) >= 11 is 7.57. The van der Waals surface area contributed by atoms with Crippen molar-refractivity contribution >= 4 is 41.3 Å². The standard InChI is InChI=1S/C17H15ClF3N3OS/c1-2-26-15-6-4-11(18)8-14(15)23-24-9-22-13-5-3-10(17(19,20)21)7-12(13)16(24)25/h3-9,12-13,23H,2H2,1H3. The number of hydrogen-bond acceptors (Lipinski definition) is 4. The van der Waals surface area contributed by atoms with Crippen LogP contribution in [0.4, 0.5) is 18.9 Å². The van der Waals surface area contributed by atoms with E-state index in [4.69, 9.17) is 11.6 Å². The van der Waals surface area contributed by atoms with Crippen LogP contribution < -0.4 is 5.43 Å². The number of rotatable bonds is 4. The van der Waals surface area contributed by atoms with Crippen molar-refractivity contribution in [3.8, 4) is 0 Å². The highest BCUT2D eigenvalue weighted by Crippen LogP contribution is 2.35. The zero-order valence-corrected chi connectivity index (χ0v) is 15.2. The Balaban J connectivity index is 1.86. The van der Waals surface area contributed by atoms with Gasteiger partial charge in [-0.25, -0.2) is 5.01 Å². The molecule has 3 rings (SSSR count). The molecule has 0 saturated heterocycles. The summed E-state index contributed by atoms with van der Waals surface area (Å²) in [5.74, 6) is -0.704. The van der Waals surface area contributed by atoms with Crippen molar-refractivity contribution < 1.29 is 18.0 Å². The van der Waals surface area contributed by atoms with Crippen molar-refractivity contribution in [3.05, 3.63) is 47.0 Å². The number of nitrogens with one attached hydrogen (secondary N) is 1. The maximum atomic E-state index is 12.9. The summed E-state index contributed by atoms with van der Waals surface area (Å²) < 4.78 is 38.8. The quantitative estimate of drug-likeness (QED) is 0.744. The van der Waals surface area contributed by atoms with Gasteiger partial charge in [0.2, 0.25) is 0 Å². The molecule has 1 aromatic carbocycles. The number of hydrazine groups is 1. The fourth-order valence-corrected chi connectivity index (χ4v) is 3.57. The lowest BCUT2D eigenvalue weighted by Gasteiger charge is -2.32. The van der Waals surface area contributed by atoms with Crippen molar-refractivity contribution in [2.24, 2.45) is 10.9 Å². The zero-order valence-electron chi connectivity index (χ0n) is 13.6. The van der Waals surface area contributed by atoms with Crippen molar-refractivity contribution in [1.29, 1.82) is 0 Å². The zero-order chi connectivity index (χ0) is 18.9. The Bertz CT molecular complexity index is 807. The van der Waals surface area contributed by atoms with Crippen LogP contribution in [0.3, 0.4) is 0 Å². The highest BCUT2D eigenvalue weighted by atomic mass is 35.5. The van der Waals surface area contributed by atoms with Crippen LogP contribution in [0.5, 0.6) is 0 Å². The molecular formula is C17H15ClF3N3OS. The number of allylic oxidation sites excluding steroid dienone is 2. The molecule has 9 heteroatoms. The van der Waals surface area contributed by atoms with Crippen LogP contribution in [-0.4, -0.2) is 35.2 Å². The normalized spacial score (nSPS) is 22.3. The molecule has 0 aromatic heterocycles. The van der Waals surface area contributed by atoms with Gasteiger partial charge in [-0.2, -0.15) is 13.2 Å². The summed E-state index contributed by atoms with van der Waals surface area (Å²) in [6.45, 7) is 1.99. The van der Waals surface area contributed by atoms with Gasteiger partial charge in [0.25, 0.3) is 5.91 Å². The van der Waals surface area contributed by atoms with Crippen LogP contribution in [0.2, 0.25) is 5.02 Å². The van der Waals surface area contributed by atoms with Gasteiger partial charge in [-0.05, 0) is 24.0 Å². The summed E-state index contributed by atoms with van der Waals surface area (Å²) in [4.78, 5) is 17.7. The number of hydrogen-bond donors (Lipinski definition) is 1. The molecule has 2 unspecified atom stereocenters. The van der Waals surface area contributed by atoms with E-state index in [0.717, 1.165) is 27.8 Å². The summed E-state index contributed by atoms with van der Waals surface area (Å²) in [5.41, 5.74) is 2.66. The Kier molecular flexibility index (Phi) is 5.34. The first-order valence-corrected chi connectivity index (χ1v) is 9.18. The lowest BCUT2D eigenvalue weighted by molar-refractivity contribution is -0.130. The van der Waals surface area contributed by atoms with Crippen molar-refractivity contribution in [1.82, 2.24) is 5.01 Å². The maximum absolute atomic E-state index is 12.9. The number of aliphatic imine (C=N–C) groups is 1. The Hall–Kier alpha value is -1.93. The average Bonchev–Trinajstić information content (AvgIpc) is 2.59. The number of halogens is 4. The highest BCUT2D eigenvalue weighted by Gasteiger charge is 2.40. The van der Waals surface area contributed by atoms with Gasteiger partial charge in [0.05, 0.1) is 23.2 Å². The molecule has 1 aromatic rings. The third-order valence-corrected chi connectivity index (χ3v) is 5.08. The second-order valence-corrected chi connectivity index (χ2v) is 7.40. The van der Waals surface area contributed by atoms with Crippen LogP contribution in [0, 0.1) is 5.92 Å². The molecule has 0 spiro atoms. The minimum Gasteiger partial charge on any atom is -0.289 e. The van der Waals surface area contributed by atoms with Gasteiger partial charge in [-0.15, -0.1) is 11.8 Å². The topological polar surface area (TPSA) is 44.7 Å². The monoisotopic (exact) mass is 401 g/mol. The van der Waals surface area contributed by atoms with E-state index in [1.165, 1.54) is 12.4 Å². The van der Waals surface area contributed by atoms with Crippen LogP contribution in [0.15, 0.2) is 51.9 Å². The first-order chi connectivity index (χ1) is 12.3. The first-order valence-electron chi connectivity index (χ1n) is 7.82. The van der Waals surface area contributed by atoms with Crippen LogP contribution >= 0.6 is 23.4 Å². The molecular weight excluding hydrogens is 387 g/mol. The van der Waals surface area contributed by atoms with E-state index in [1.807, 2.05) is 13.0 Å². The number of anilines is 1. The third kappa shape index (κ3) is 3.91. The Morgan fingerprint density at radius 1 is 1.38 bits per heavy atom. The molecule has 0 saturated carbocycles. The van der Waals surface area contributed by atoms with Gasteiger partial charge in [0, 0.05) is 9.92 Å². The number of thioether (sulfide) groups is 1. The second kappa shape index (κ2) is 7.36. The predicted molar refractivity (Wildman–Crippen MR) is 97.4 cm³/mol. The lowest BCUT2D eigenvalue weighted by atomic mass is 9.90. The Labute approximate surface area is 157 Å². The van der Waals surface area contributed by atoms with Gasteiger partial charge in [0.1, 0.15) is 6.34 Å². The van der Waals surface area contributed by atoms with E-state index in [1.54, 1.807) is 23.9 Å². The third-order valence-electron chi connectivity index (χ3n) is 3.89. The maximum Gasteiger partial charge on any atom is 0.416 e. The molecule has 1 heterocycles. The number of amides is 1. The molecule has 4 nitrogen and oxygen atoms in total. The molecule has 1 amide bonds. The van der Waals surface area contributed by atoms with Crippen molar-refractivity contribution in [2.45, 2.75) is 24.0 Å². The second-order valence-electron chi connectivity index (χ2n) is 5.65. The molecule has 2 aliphatic rings. The summed E-state index contributed by atoms with van der Waals surface area (Å²) in [6, 6.07) is 4.58. The number of fused-ring (bicyclic) bond motifs is 1. The molecule has 1 aliphatic carbocycles. The number of carbonyl (C=O) groups excluding carboxylic acids is 1. The minimum absolute atomic E-state index is 0.479. The molecule has 0 fully saturated rings. The van der Waals surface area contributed by atoms with Gasteiger partial charge in [0.15, 0.2) is 0 Å². The van der Waals surface area contributed by atoms with E-state index in [9.17, 15) is 18.0 Å². The lowest BCUT2D eigenvalue weighted by Crippen LogP contribution is -2.46. The van der Waals surface area contributed by atoms with Gasteiger partial charge >= 0.3 is 6.18 Å². The van der Waals surface area contributed by atoms with E-state index in [-0.39, 0.29) is 0 Å². The van der Waals surface area contributed by atoms with Gasteiger partial charge in [-0.1, -0.05) is 36.8 Å². The summed E-state index contributed by atoms with van der Waals surface area (Å²) in [6.07, 6.45) is -0.0166. The van der Waals surface area contributed by atoms with Crippen molar-refractivity contribution in [3.63, 3.8) is 0 Å². The molecule has 2 atom stereocenters. The summed E-state index contributed by atoms with van der Waals surface area (Å²) in [7, 11) is 0. The molecule has 26 heavy (non-hydrogen) atoms. The summed E-state index contributed by atoms with van der Waals surface area (Å²) in [5, 5.41) is 1.59. The number of carbonyl (C=O) groups is 1. The SMILES string of the molecule is CCSc1ccc(Cl)cc1NN1C=NC2C=CC(C(F)(F)F)=CC2C1=O. The van der Waals surface area contributed by atoms with E-state index in [0.29, 0.717) is 10.7 Å². The molecule has 1 N–H and O–H groups in total. The van der Waals surface area contributed by atoms with E-state index < -0.39 is 29.6 Å². The first kappa shape index (κ1) is 18.8. The fourth-order valence-electron chi connectivity index (χ4n) is 2.66. The Morgan fingerprint density at radius 2 is 2.15 bits per heavy atom. The largest absolute Gasteiger partial charge is 0.416 e. The van der Waals surface area contributed by atoms with Crippen LogP contribution in [0.1, 0.15) is 6.92 Å². The molecule has 1 aliphatic heterocycles. The average molecular weight is 402 g/mol. The van der Waals surface area contributed by atoms with E-state index in [2.05, 4.69) is 10.4 Å². The van der Waals surface area contributed by atoms with Crippen LogP contribution in [0.25, 0.3) is 0 Å². The number of alkyl halides is 3. The van der Waals surface area contributed by atoms with Gasteiger partial charge in [-0.3, -0.25) is 15.2 Å². The van der Waals surface area contributed by atoms with Gasteiger partial charge < -0.3 is 0 Å². The smallest absolute Gasteiger partial charge is 0.289 e. The number of nitrogens with zero attached hydrogens (tertiary/aromatic N) is 2. The van der Waals surface area contributed by atoms with Crippen LogP contribution in [-0.2, 0) is 4.79 Å². The van der Waals surface area contributed by atoms with E-state index >= 15 is 0 Å².